The van der Waals surface area contributed by atoms with Crippen molar-refractivity contribution in [3.05, 3.63) is 185 Å². The monoisotopic (exact) mass is 838 g/mol. The van der Waals surface area contributed by atoms with Gasteiger partial charge in [0, 0.05) is 35.6 Å². The first-order valence-corrected chi connectivity index (χ1v) is 19.7. The van der Waals surface area contributed by atoms with Gasteiger partial charge in [-0.3, -0.25) is 19.2 Å². The molecule has 6 aromatic carbocycles. The Kier molecular flexibility index (Phi) is 20.6. The summed E-state index contributed by atoms with van der Waals surface area (Å²) in [6.45, 7) is 3.32. The van der Waals surface area contributed by atoms with Gasteiger partial charge in [-0.25, -0.2) is 0 Å². The second-order valence-electron chi connectivity index (χ2n) is 13.8. The number of aliphatic hydroxyl groups excluding tert-OH is 2. The van der Waals surface area contributed by atoms with E-state index in [0.29, 0.717) is 34.1 Å². The molecule has 0 radical (unpaired) electrons. The van der Waals surface area contributed by atoms with Crippen molar-refractivity contribution in [2.75, 3.05) is 6.61 Å². The van der Waals surface area contributed by atoms with Gasteiger partial charge >= 0.3 is 0 Å². The molecule has 2 aliphatic rings. The van der Waals surface area contributed by atoms with E-state index in [1.807, 2.05) is 61.5 Å². The number of aromatic hydroxyl groups is 3. The number of para-hydroxylation sites is 2. The largest absolute Gasteiger partial charge is 0.507 e. The van der Waals surface area contributed by atoms with Crippen molar-refractivity contribution >= 4 is 36.2 Å². The van der Waals surface area contributed by atoms with Crippen molar-refractivity contribution in [3.63, 3.8) is 0 Å². The summed E-state index contributed by atoms with van der Waals surface area (Å²) in [5.74, 6) is -0.282. The minimum absolute atomic E-state index is 0.0198. The van der Waals surface area contributed by atoms with Crippen molar-refractivity contribution in [2.24, 2.45) is 5.92 Å². The summed E-state index contributed by atoms with van der Waals surface area (Å²) in [4.78, 5) is 64.1. The van der Waals surface area contributed by atoms with E-state index < -0.39 is 0 Å². The van der Waals surface area contributed by atoms with Crippen LogP contribution in [0.1, 0.15) is 90.7 Å². The van der Waals surface area contributed by atoms with E-state index in [9.17, 15) is 39.0 Å². The molecule has 0 heterocycles. The zero-order valence-corrected chi connectivity index (χ0v) is 34.5. The van der Waals surface area contributed by atoms with Gasteiger partial charge in [0.2, 0.25) is 0 Å². The van der Waals surface area contributed by atoms with Crippen LogP contribution in [-0.4, -0.2) is 74.5 Å². The molecule has 1 saturated carbocycles. The molecule has 11 heteroatoms. The number of phenolic OH excluding ortho intramolecular Hbond substituents is 3. The highest BCUT2D eigenvalue weighted by atomic mass is 16.3. The summed E-state index contributed by atoms with van der Waals surface area (Å²) in [5.41, 5.74) is 5.95. The number of benzene rings is 6. The van der Waals surface area contributed by atoms with E-state index >= 15 is 0 Å². The summed E-state index contributed by atoms with van der Waals surface area (Å²) in [5, 5.41) is 45.0. The maximum Gasteiger partial charge on any atom is 0.197 e. The molecular weight excluding hydrogens is 789 g/mol. The van der Waals surface area contributed by atoms with Gasteiger partial charge in [0.25, 0.3) is 0 Å². The van der Waals surface area contributed by atoms with Crippen LogP contribution in [0, 0.1) is 12.8 Å². The molecule has 1 fully saturated rings. The van der Waals surface area contributed by atoms with Gasteiger partial charge in [0.1, 0.15) is 36.1 Å². The van der Waals surface area contributed by atoms with Gasteiger partial charge < -0.3 is 35.1 Å². The molecule has 8 rings (SSSR count). The average Bonchev–Trinajstić information content (AvgIpc) is 3.85. The minimum Gasteiger partial charge on any atom is -0.507 e. The Hall–Kier alpha value is -7.34. The Bertz CT molecular complexity index is 2400. The molecule has 6 aromatic rings. The number of rotatable bonds is 7. The van der Waals surface area contributed by atoms with Gasteiger partial charge in [-0.15, -0.1) is 0 Å². The Morgan fingerprint density at radius 1 is 0.629 bits per heavy atom. The van der Waals surface area contributed by atoms with E-state index in [1.54, 1.807) is 78.9 Å². The predicted molar refractivity (Wildman–Crippen MR) is 237 cm³/mol. The van der Waals surface area contributed by atoms with E-state index in [2.05, 4.69) is 0 Å². The molecule has 0 amide bonds. The molecule has 5 N–H and O–H groups in total. The SMILES string of the molecule is CC(=O)c1ccccc1O.Cc1ccccc1C=O.O=C(c1ccccc1)c1ccccc1O.O=C1c2ccccc2-c2cccc(O)c21.O=CC1CCCC1O.O=CCCO. The standard InChI is InChI=1S/C13H8O2.C13H10O2.C8H8O2.C8H8O.C6H10O2.C3H6O2/c14-11-7-3-6-9-8-4-1-2-5-10(8)13(15)12(9)11;14-12-9-5-4-8-11(12)13(15)10-6-2-1-3-7-10;1-6(9)7-4-2-3-5-8(7)10;1-7-4-2-3-5-8(7)6-9;7-4-5-2-1-3-6(5)8;4-2-1-3-5/h1-7,14H;1-9,14H;2-5,10H,1H3;2-6H,1H3;4-6,8H,1-3H2;2,5H,1,3H2. The molecular formula is C51H50O11. The Balaban J connectivity index is 0.000000205. The summed E-state index contributed by atoms with van der Waals surface area (Å²) in [6.07, 6.45) is 5.03. The first-order chi connectivity index (χ1) is 29.9. The van der Waals surface area contributed by atoms with Crippen molar-refractivity contribution in [1.82, 2.24) is 0 Å². The predicted octanol–water partition coefficient (Wildman–Crippen LogP) is 8.54. The van der Waals surface area contributed by atoms with Gasteiger partial charge in [-0.1, -0.05) is 122 Å². The minimum atomic E-state index is -0.340. The third-order valence-corrected chi connectivity index (χ3v) is 9.47. The van der Waals surface area contributed by atoms with Crippen LogP contribution < -0.4 is 0 Å². The number of fused-ring (bicyclic) bond motifs is 3. The quantitative estimate of drug-likeness (QED) is 0.0760. The maximum absolute atomic E-state index is 11.9. The van der Waals surface area contributed by atoms with Crippen LogP contribution in [0.5, 0.6) is 17.2 Å². The first-order valence-electron chi connectivity index (χ1n) is 19.7. The number of aliphatic hydroxyl groups is 2. The number of ketones is 3. The van der Waals surface area contributed by atoms with Crippen LogP contribution in [0.25, 0.3) is 11.1 Å². The summed E-state index contributed by atoms with van der Waals surface area (Å²) < 4.78 is 0. The molecule has 2 unspecified atom stereocenters. The van der Waals surface area contributed by atoms with Crippen molar-refractivity contribution in [1.29, 1.82) is 0 Å². The highest BCUT2D eigenvalue weighted by molar-refractivity contribution is 6.23. The number of hydrogen-bond donors (Lipinski definition) is 5. The van der Waals surface area contributed by atoms with E-state index in [4.69, 9.17) is 15.3 Å². The maximum atomic E-state index is 11.9. The van der Waals surface area contributed by atoms with Gasteiger partial charge in [-0.05, 0) is 73.7 Å². The molecule has 0 aromatic heterocycles. The van der Waals surface area contributed by atoms with Gasteiger partial charge in [-0.2, -0.15) is 0 Å². The van der Waals surface area contributed by atoms with Crippen LogP contribution >= 0.6 is 0 Å². The number of hydrogen-bond acceptors (Lipinski definition) is 11. The number of carbonyl (C=O) groups excluding carboxylic acids is 6. The molecule has 62 heavy (non-hydrogen) atoms. The number of phenols is 3. The highest BCUT2D eigenvalue weighted by Crippen LogP contribution is 2.40. The van der Waals surface area contributed by atoms with Crippen molar-refractivity contribution < 1.29 is 54.3 Å². The zero-order chi connectivity index (χ0) is 45.4. The molecule has 2 atom stereocenters. The molecule has 0 bridgehead atoms. The summed E-state index contributed by atoms with van der Waals surface area (Å²) in [6, 6.07) is 42.0. The normalized spacial score (nSPS) is 13.6. The number of Topliss-reactive ketones (excluding diaryl/α,β-unsaturated/α-hetero) is 1. The van der Waals surface area contributed by atoms with Crippen LogP contribution in [-0.2, 0) is 9.59 Å². The van der Waals surface area contributed by atoms with E-state index in [1.165, 1.54) is 19.1 Å². The Morgan fingerprint density at radius 3 is 1.63 bits per heavy atom. The summed E-state index contributed by atoms with van der Waals surface area (Å²) in [7, 11) is 0. The van der Waals surface area contributed by atoms with Gasteiger partial charge in [0.05, 0.1) is 22.8 Å². The van der Waals surface area contributed by atoms with Crippen LogP contribution in [0.15, 0.2) is 146 Å². The topological polar surface area (TPSA) is 204 Å². The lowest BCUT2D eigenvalue weighted by Crippen LogP contribution is -2.13. The lowest BCUT2D eigenvalue weighted by Gasteiger charge is -2.02. The molecule has 0 aliphatic heterocycles. The van der Waals surface area contributed by atoms with Gasteiger partial charge in [0.15, 0.2) is 17.3 Å². The van der Waals surface area contributed by atoms with Crippen LogP contribution in [0.2, 0.25) is 0 Å². The third-order valence-electron chi connectivity index (χ3n) is 9.47. The van der Waals surface area contributed by atoms with E-state index in [-0.39, 0.29) is 59.6 Å². The molecule has 0 spiro atoms. The third kappa shape index (κ3) is 14.4. The zero-order valence-electron chi connectivity index (χ0n) is 34.5. The lowest BCUT2D eigenvalue weighted by molar-refractivity contribution is -0.113. The average molecular weight is 839 g/mol. The smallest absolute Gasteiger partial charge is 0.197 e. The van der Waals surface area contributed by atoms with Crippen LogP contribution in [0.3, 0.4) is 0 Å². The molecule has 11 nitrogen and oxygen atoms in total. The number of carbonyl (C=O) groups is 6. The second kappa shape index (κ2) is 26.0. The Labute approximate surface area is 360 Å². The fraction of sp³-hybridized carbons (Fsp3) is 0.176. The molecule has 320 valence electrons. The highest BCUT2D eigenvalue weighted by Gasteiger charge is 2.28. The first kappa shape index (κ1) is 49.0. The van der Waals surface area contributed by atoms with Crippen LogP contribution in [0.4, 0.5) is 0 Å². The lowest BCUT2D eigenvalue weighted by atomic mass is 10.0. The Morgan fingerprint density at radius 2 is 1.16 bits per heavy atom. The van der Waals surface area contributed by atoms with Crippen molar-refractivity contribution in [2.45, 2.75) is 45.6 Å². The molecule has 2 aliphatic carbocycles. The summed E-state index contributed by atoms with van der Waals surface area (Å²) >= 11 is 0. The number of aldehydes is 3. The number of aryl methyl sites for hydroxylation is 1. The van der Waals surface area contributed by atoms with E-state index in [0.717, 1.165) is 54.1 Å². The fourth-order valence-corrected chi connectivity index (χ4v) is 6.14. The van der Waals surface area contributed by atoms with Crippen molar-refractivity contribution in [3.8, 4) is 28.4 Å². The second-order valence-corrected chi connectivity index (χ2v) is 13.8. The fourth-order valence-electron chi connectivity index (χ4n) is 6.14. The molecule has 0 saturated heterocycles.